The predicted octanol–water partition coefficient (Wildman–Crippen LogP) is 13.2. The van der Waals surface area contributed by atoms with E-state index in [-0.39, 0.29) is 66.9 Å². The van der Waals surface area contributed by atoms with Crippen LogP contribution in [-0.2, 0) is 0 Å². The minimum atomic E-state index is -0.689. The molecule has 0 radical (unpaired) electrons. The Balaban J connectivity index is 1.22. The number of rotatable bonds is 5. The molecular weight excluding hydrogens is 663 g/mol. The van der Waals surface area contributed by atoms with Gasteiger partial charge in [0.1, 0.15) is 22.3 Å². The summed E-state index contributed by atoms with van der Waals surface area (Å²) >= 11 is 0. The maximum atomic E-state index is 9.39. The van der Waals surface area contributed by atoms with Gasteiger partial charge in [-0.1, -0.05) is 145 Å². The normalized spacial score (nSPS) is 15.1. The minimum Gasteiger partial charge on any atom is -0.456 e. The average Bonchev–Trinajstić information content (AvgIpc) is 3.95. The van der Waals surface area contributed by atoms with Crippen LogP contribution in [0.5, 0.6) is 0 Å². The Bertz CT molecular complexity index is 3970. The lowest BCUT2D eigenvalue weighted by atomic mass is 9.99. The van der Waals surface area contributed by atoms with Crippen molar-refractivity contribution in [2.24, 2.45) is 0 Å². The van der Waals surface area contributed by atoms with Crippen LogP contribution in [-0.4, -0.2) is 15.0 Å². The van der Waals surface area contributed by atoms with Gasteiger partial charge < -0.3 is 8.83 Å². The molecule has 252 valence electrons. The summed E-state index contributed by atoms with van der Waals surface area (Å²) in [6.45, 7) is 0. The first-order valence-corrected chi connectivity index (χ1v) is 17.0. The number of nitrogens with zero attached hydrogens (tertiary/aromatic N) is 3. The largest absolute Gasteiger partial charge is 0.456 e. The first-order chi connectivity index (χ1) is 32.2. The van der Waals surface area contributed by atoms with E-state index in [0.29, 0.717) is 11.1 Å². The van der Waals surface area contributed by atoms with Gasteiger partial charge in [-0.05, 0) is 57.7 Å². The van der Waals surface area contributed by atoms with E-state index in [0.717, 1.165) is 21.9 Å². The second kappa shape index (κ2) is 12.1. The van der Waals surface area contributed by atoms with E-state index in [1.54, 1.807) is 0 Å². The molecular formula is C49H29N3O2. The van der Waals surface area contributed by atoms with Gasteiger partial charge in [-0.25, -0.2) is 15.0 Å². The molecule has 0 aliphatic heterocycles. The fraction of sp³-hybridized carbons (Fsp3) is 0. The van der Waals surface area contributed by atoms with Gasteiger partial charge in [0.15, 0.2) is 17.5 Å². The van der Waals surface area contributed by atoms with Crippen molar-refractivity contribution in [1.82, 2.24) is 15.0 Å². The van der Waals surface area contributed by atoms with Crippen LogP contribution in [0, 0.1) is 0 Å². The molecule has 0 saturated carbocycles. The molecule has 0 spiro atoms. The van der Waals surface area contributed by atoms with Crippen molar-refractivity contribution < 1.29 is 26.7 Å². The van der Waals surface area contributed by atoms with Crippen molar-refractivity contribution in [3.8, 4) is 56.4 Å². The monoisotopic (exact) mass is 704 g/mol. The number of hydrogen-bond acceptors (Lipinski definition) is 5. The topological polar surface area (TPSA) is 65.0 Å². The molecule has 0 amide bonds. The Morgan fingerprint density at radius 2 is 1.06 bits per heavy atom. The summed E-state index contributed by atoms with van der Waals surface area (Å²) in [6, 6.07) is 22.9. The summed E-state index contributed by atoms with van der Waals surface area (Å²) in [6.07, 6.45) is 0. The standard InChI is InChI=1S/C49H29N3O2/c1-2-10-30(11-3-1)32-20-23-33(24-21-32)47-50-48(36-25-22-31-12-4-5-13-34(31)28-36)52-49(51-47)41-17-9-19-43-45(41)40-16-8-15-37(46(40)54-43)35-26-27-39-38-14-6-7-18-42(38)53-44(39)29-35/h1-29H/i6D,7D,8D,9D,14D,15D,16D,17D,18D,19D,26D,27D,29D. The molecule has 0 atom stereocenters. The highest BCUT2D eigenvalue weighted by atomic mass is 16.3. The molecule has 5 nitrogen and oxygen atoms in total. The van der Waals surface area contributed by atoms with E-state index < -0.39 is 89.7 Å². The molecule has 11 rings (SSSR count). The summed E-state index contributed by atoms with van der Waals surface area (Å²) in [4.78, 5) is 14.7. The van der Waals surface area contributed by atoms with Gasteiger partial charge in [-0.3, -0.25) is 0 Å². The molecule has 54 heavy (non-hydrogen) atoms. The molecule has 11 aromatic rings. The number of furan rings is 2. The third kappa shape index (κ3) is 4.98. The van der Waals surface area contributed by atoms with Crippen LogP contribution >= 0.6 is 0 Å². The number of benzene rings is 8. The lowest BCUT2D eigenvalue weighted by Crippen LogP contribution is -2.00. The smallest absolute Gasteiger partial charge is 0.164 e. The van der Waals surface area contributed by atoms with Crippen molar-refractivity contribution in [3.63, 3.8) is 0 Å². The summed E-state index contributed by atoms with van der Waals surface area (Å²) < 4.78 is 128. The summed E-state index contributed by atoms with van der Waals surface area (Å²) in [5, 5.41) is 1.11. The third-order valence-corrected chi connectivity index (χ3v) is 9.38. The number of fused-ring (bicyclic) bond motifs is 7. The Kier molecular flexibility index (Phi) is 4.49. The van der Waals surface area contributed by atoms with Crippen molar-refractivity contribution in [2.75, 3.05) is 0 Å². The van der Waals surface area contributed by atoms with E-state index in [9.17, 15) is 6.85 Å². The molecule has 8 aromatic carbocycles. The molecule has 0 fully saturated rings. The molecule has 0 bridgehead atoms. The lowest BCUT2D eigenvalue weighted by molar-refractivity contribution is 0.668. The van der Waals surface area contributed by atoms with Crippen LogP contribution in [0.25, 0.3) is 111 Å². The summed E-state index contributed by atoms with van der Waals surface area (Å²) in [5.41, 5.74) is 0.694. The molecule has 0 aliphatic carbocycles. The van der Waals surface area contributed by atoms with Crippen molar-refractivity contribution in [1.29, 1.82) is 0 Å². The van der Waals surface area contributed by atoms with E-state index in [4.69, 9.17) is 34.8 Å². The predicted molar refractivity (Wildman–Crippen MR) is 219 cm³/mol. The molecule has 3 aromatic heterocycles. The van der Waals surface area contributed by atoms with Gasteiger partial charge >= 0.3 is 0 Å². The van der Waals surface area contributed by atoms with Gasteiger partial charge in [-0.15, -0.1) is 0 Å². The molecule has 5 heteroatoms. The highest BCUT2D eigenvalue weighted by Crippen LogP contribution is 2.41. The number of aromatic nitrogens is 3. The average molecular weight is 705 g/mol. The Labute approximate surface area is 328 Å². The van der Waals surface area contributed by atoms with Gasteiger partial charge in [0, 0.05) is 43.8 Å². The lowest BCUT2D eigenvalue weighted by Gasteiger charge is -2.10. The molecule has 0 N–H and O–H groups in total. The SMILES string of the molecule is [2H]c1c([2H])c([2H])c2c(oc3c([2H])c(-c4c([2H])c([2H])c([2H])c5c4oc4c([2H])c([2H])c([2H])c(-c6nc(-c7ccc(-c8ccccc8)cc7)nc(-c7ccc8ccccc8c7)n6)c45)c([2H])c([2H])c32)c1[2H]. The van der Waals surface area contributed by atoms with Crippen LogP contribution in [0.4, 0.5) is 0 Å². The third-order valence-electron chi connectivity index (χ3n) is 9.38. The van der Waals surface area contributed by atoms with E-state index >= 15 is 0 Å². The zero-order valence-corrected chi connectivity index (χ0v) is 27.9. The van der Waals surface area contributed by atoms with Crippen LogP contribution in [0.15, 0.2) is 184 Å². The van der Waals surface area contributed by atoms with Crippen molar-refractivity contribution >= 4 is 54.6 Å². The summed E-state index contributed by atoms with van der Waals surface area (Å²) in [7, 11) is 0. The molecule has 0 saturated heterocycles. The Morgan fingerprint density at radius 1 is 0.407 bits per heavy atom. The van der Waals surface area contributed by atoms with E-state index in [2.05, 4.69) is 0 Å². The van der Waals surface area contributed by atoms with E-state index in [1.807, 2.05) is 97.1 Å². The van der Waals surface area contributed by atoms with Crippen LogP contribution in [0.2, 0.25) is 0 Å². The highest BCUT2D eigenvalue weighted by molar-refractivity contribution is 6.15. The van der Waals surface area contributed by atoms with Gasteiger partial charge in [0.25, 0.3) is 0 Å². The second-order valence-electron chi connectivity index (χ2n) is 12.6. The maximum Gasteiger partial charge on any atom is 0.164 e. The molecule has 3 heterocycles. The van der Waals surface area contributed by atoms with Gasteiger partial charge in [0.2, 0.25) is 0 Å². The zero-order chi connectivity index (χ0) is 46.9. The van der Waals surface area contributed by atoms with Gasteiger partial charge in [-0.2, -0.15) is 0 Å². The highest BCUT2D eigenvalue weighted by Gasteiger charge is 2.20. The second-order valence-corrected chi connectivity index (χ2v) is 12.6. The Morgan fingerprint density at radius 3 is 1.94 bits per heavy atom. The Hall–Kier alpha value is -7.37. The quantitative estimate of drug-likeness (QED) is 0.178. The first kappa shape index (κ1) is 20.0. The van der Waals surface area contributed by atoms with Crippen molar-refractivity contribution in [2.45, 2.75) is 0 Å². The van der Waals surface area contributed by atoms with Crippen LogP contribution in [0.3, 0.4) is 0 Å². The number of para-hydroxylation sites is 2. The first-order valence-electron chi connectivity index (χ1n) is 23.5. The van der Waals surface area contributed by atoms with Gasteiger partial charge in [0.05, 0.1) is 17.8 Å². The van der Waals surface area contributed by atoms with E-state index in [1.165, 1.54) is 0 Å². The zero-order valence-electron chi connectivity index (χ0n) is 40.9. The molecule has 0 aliphatic rings. The molecule has 0 unspecified atom stereocenters. The minimum absolute atomic E-state index is 0.112. The van der Waals surface area contributed by atoms with Crippen LogP contribution < -0.4 is 0 Å². The summed E-state index contributed by atoms with van der Waals surface area (Å²) in [5.74, 6) is 0.258. The maximum absolute atomic E-state index is 9.39. The van der Waals surface area contributed by atoms with Crippen LogP contribution in [0.1, 0.15) is 17.8 Å². The van der Waals surface area contributed by atoms with Crippen molar-refractivity contribution in [3.05, 3.63) is 176 Å². The fourth-order valence-electron chi connectivity index (χ4n) is 6.76. The number of hydrogen-bond donors (Lipinski definition) is 0. The fourth-order valence-corrected chi connectivity index (χ4v) is 6.76.